The maximum Gasteiger partial charge on any atom is 0.412 e. The predicted octanol–water partition coefficient (Wildman–Crippen LogP) is 3.45. The molecule has 11 heteroatoms. The predicted molar refractivity (Wildman–Crippen MR) is 107 cm³/mol. The summed E-state index contributed by atoms with van der Waals surface area (Å²) < 4.78 is 53.6. The minimum Gasteiger partial charge on any atom is -0.347 e. The smallest absolute Gasteiger partial charge is 0.347 e. The topological polar surface area (TPSA) is 108 Å². The van der Waals surface area contributed by atoms with Crippen LogP contribution in [0.15, 0.2) is 60.9 Å². The number of nitrogens with zero attached hydrogens (tertiary/aromatic N) is 3. The van der Waals surface area contributed by atoms with E-state index < -0.39 is 35.5 Å². The zero-order valence-corrected chi connectivity index (χ0v) is 16.7. The standard InChI is InChI=1S/C22H15F4N5O2/c23-16-7-3-14(4-8-16)11-28-20(32)17-9-18(30-12-29-17)21(33)31-19(22(24,25)26)15-5-1-13(10-27)2-6-15/h1-9,12,19H,11H2,(H,28,32)(H,31,33). The minimum absolute atomic E-state index is 0.0412. The number of hydrogen-bond acceptors (Lipinski definition) is 5. The average Bonchev–Trinajstić information content (AvgIpc) is 2.81. The highest BCUT2D eigenvalue weighted by atomic mass is 19.4. The highest BCUT2D eigenvalue weighted by Crippen LogP contribution is 2.33. The van der Waals surface area contributed by atoms with Crippen molar-refractivity contribution in [2.45, 2.75) is 18.8 Å². The van der Waals surface area contributed by atoms with Gasteiger partial charge < -0.3 is 10.6 Å². The van der Waals surface area contributed by atoms with Crippen LogP contribution in [0.4, 0.5) is 17.6 Å². The van der Waals surface area contributed by atoms with Crippen LogP contribution in [0.2, 0.25) is 0 Å². The Morgan fingerprint density at radius 1 is 0.970 bits per heavy atom. The molecule has 1 unspecified atom stereocenters. The lowest BCUT2D eigenvalue weighted by Crippen LogP contribution is -2.38. The number of benzene rings is 2. The highest BCUT2D eigenvalue weighted by Gasteiger charge is 2.42. The molecule has 33 heavy (non-hydrogen) atoms. The normalized spacial score (nSPS) is 11.8. The Morgan fingerprint density at radius 3 is 2.15 bits per heavy atom. The van der Waals surface area contributed by atoms with E-state index in [1.807, 2.05) is 5.32 Å². The number of hydrogen-bond donors (Lipinski definition) is 2. The first-order valence-corrected chi connectivity index (χ1v) is 9.39. The van der Waals surface area contributed by atoms with Crippen molar-refractivity contribution < 1.29 is 27.2 Å². The Morgan fingerprint density at radius 2 is 1.58 bits per heavy atom. The first kappa shape index (κ1) is 23.3. The van der Waals surface area contributed by atoms with Crippen molar-refractivity contribution in [3.8, 4) is 6.07 Å². The van der Waals surface area contributed by atoms with Crippen LogP contribution in [0.5, 0.6) is 0 Å². The number of rotatable bonds is 6. The first-order chi connectivity index (χ1) is 15.7. The van der Waals surface area contributed by atoms with Crippen molar-refractivity contribution in [2.24, 2.45) is 0 Å². The fraction of sp³-hybridized carbons (Fsp3) is 0.136. The van der Waals surface area contributed by atoms with Crippen LogP contribution in [0.25, 0.3) is 0 Å². The molecule has 1 atom stereocenters. The fourth-order valence-corrected chi connectivity index (χ4v) is 2.79. The van der Waals surface area contributed by atoms with Gasteiger partial charge in [0.15, 0.2) is 6.04 Å². The number of amides is 2. The van der Waals surface area contributed by atoms with Gasteiger partial charge in [0.25, 0.3) is 11.8 Å². The molecule has 7 nitrogen and oxygen atoms in total. The molecule has 1 heterocycles. The molecule has 0 saturated carbocycles. The van der Waals surface area contributed by atoms with Crippen LogP contribution in [0, 0.1) is 17.1 Å². The van der Waals surface area contributed by atoms with Gasteiger partial charge in [0.1, 0.15) is 23.5 Å². The highest BCUT2D eigenvalue weighted by molar-refractivity contribution is 5.97. The van der Waals surface area contributed by atoms with Crippen molar-refractivity contribution >= 4 is 11.8 Å². The molecule has 2 amide bonds. The third-order valence-corrected chi connectivity index (χ3v) is 4.47. The number of nitriles is 1. The molecule has 3 aromatic rings. The zero-order chi connectivity index (χ0) is 24.0. The molecule has 0 bridgehead atoms. The number of nitrogens with one attached hydrogen (secondary N) is 2. The molecule has 0 aliphatic carbocycles. The Balaban J connectivity index is 1.73. The molecule has 2 N–H and O–H groups in total. The van der Waals surface area contributed by atoms with E-state index in [9.17, 15) is 27.2 Å². The Bertz CT molecular complexity index is 1190. The van der Waals surface area contributed by atoms with E-state index in [1.165, 1.54) is 36.4 Å². The molecular formula is C22H15F4N5O2. The second kappa shape index (κ2) is 9.86. The molecule has 168 valence electrons. The van der Waals surface area contributed by atoms with Gasteiger partial charge in [0, 0.05) is 12.6 Å². The largest absolute Gasteiger partial charge is 0.412 e. The molecule has 0 spiro atoms. The van der Waals surface area contributed by atoms with Crippen LogP contribution < -0.4 is 10.6 Å². The molecule has 0 aliphatic heterocycles. The van der Waals surface area contributed by atoms with Gasteiger partial charge in [-0.3, -0.25) is 9.59 Å². The summed E-state index contributed by atoms with van der Waals surface area (Å²) in [5, 5.41) is 13.2. The van der Waals surface area contributed by atoms with E-state index in [2.05, 4.69) is 15.3 Å². The van der Waals surface area contributed by atoms with Gasteiger partial charge in [0.05, 0.1) is 11.6 Å². The van der Waals surface area contributed by atoms with Gasteiger partial charge in [-0.05, 0) is 35.4 Å². The Labute approximate surface area is 185 Å². The van der Waals surface area contributed by atoms with Gasteiger partial charge >= 0.3 is 6.18 Å². The van der Waals surface area contributed by atoms with Gasteiger partial charge in [-0.1, -0.05) is 24.3 Å². The average molecular weight is 457 g/mol. The van der Waals surface area contributed by atoms with Crippen molar-refractivity contribution in [2.75, 3.05) is 0 Å². The van der Waals surface area contributed by atoms with Gasteiger partial charge in [-0.15, -0.1) is 0 Å². The number of carbonyl (C=O) groups is 2. The van der Waals surface area contributed by atoms with E-state index >= 15 is 0 Å². The summed E-state index contributed by atoms with van der Waals surface area (Å²) in [6.07, 6.45) is -3.95. The van der Waals surface area contributed by atoms with E-state index in [0.717, 1.165) is 24.5 Å². The summed E-state index contributed by atoms with van der Waals surface area (Å²) in [7, 11) is 0. The molecule has 3 rings (SSSR count). The van der Waals surface area contributed by atoms with Crippen LogP contribution in [-0.2, 0) is 6.54 Å². The summed E-state index contributed by atoms with van der Waals surface area (Å²) >= 11 is 0. The number of aromatic nitrogens is 2. The molecule has 0 fully saturated rings. The molecule has 0 aliphatic rings. The monoisotopic (exact) mass is 457 g/mol. The minimum atomic E-state index is -4.83. The molecule has 2 aromatic carbocycles. The molecule has 0 radical (unpaired) electrons. The van der Waals surface area contributed by atoms with Crippen molar-refractivity contribution in [1.29, 1.82) is 5.26 Å². The van der Waals surface area contributed by atoms with Crippen molar-refractivity contribution in [1.82, 2.24) is 20.6 Å². The lowest BCUT2D eigenvalue weighted by Gasteiger charge is -2.22. The molecule has 0 saturated heterocycles. The summed E-state index contributed by atoms with van der Waals surface area (Å²) in [5.41, 5.74) is -0.189. The first-order valence-electron chi connectivity index (χ1n) is 9.39. The Kier molecular flexibility index (Phi) is 6.97. The molecular weight excluding hydrogens is 442 g/mol. The van der Waals surface area contributed by atoms with Crippen LogP contribution >= 0.6 is 0 Å². The molecule has 1 aromatic heterocycles. The maximum absolute atomic E-state index is 13.6. The zero-order valence-electron chi connectivity index (χ0n) is 16.7. The van der Waals surface area contributed by atoms with E-state index in [1.54, 1.807) is 6.07 Å². The van der Waals surface area contributed by atoms with Gasteiger partial charge in [-0.2, -0.15) is 18.4 Å². The summed E-state index contributed by atoms with van der Waals surface area (Å²) in [6.45, 7) is 0.0412. The second-order valence-corrected chi connectivity index (χ2v) is 6.78. The van der Waals surface area contributed by atoms with E-state index in [4.69, 9.17) is 5.26 Å². The lowest BCUT2D eigenvalue weighted by molar-refractivity contribution is -0.155. The quantitative estimate of drug-likeness (QED) is 0.552. The van der Waals surface area contributed by atoms with Crippen LogP contribution in [-0.4, -0.2) is 28.0 Å². The third-order valence-electron chi connectivity index (χ3n) is 4.47. The van der Waals surface area contributed by atoms with E-state index in [-0.39, 0.29) is 23.4 Å². The fourth-order valence-electron chi connectivity index (χ4n) is 2.79. The van der Waals surface area contributed by atoms with Crippen molar-refractivity contribution in [3.05, 3.63) is 94.8 Å². The summed E-state index contributed by atoms with van der Waals surface area (Å²) in [6, 6.07) is 10.4. The van der Waals surface area contributed by atoms with Gasteiger partial charge in [0.2, 0.25) is 0 Å². The third kappa shape index (κ3) is 6.10. The number of carbonyl (C=O) groups excluding carboxylic acids is 2. The summed E-state index contributed by atoms with van der Waals surface area (Å²) in [4.78, 5) is 32.2. The number of halogens is 4. The number of alkyl halides is 3. The van der Waals surface area contributed by atoms with Gasteiger partial charge in [-0.25, -0.2) is 14.4 Å². The van der Waals surface area contributed by atoms with Crippen LogP contribution in [0.1, 0.15) is 43.7 Å². The van der Waals surface area contributed by atoms with Crippen LogP contribution in [0.3, 0.4) is 0 Å². The van der Waals surface area contributed by atoms with Crippen molar-refractivity contribution in [3.63, 3.8) is 0 Å². The summed E-state index contributed by atoms with van der Waals surface area (Å²) in [5.74, 6) is -2.30. The van der Waals surface area contributed by atoms with E-state index in [0.29, 0.717) is 5.56 Å². The SMILES string of the molecule is N#Cc1ccc(C(NC(=O)c2cc(C(=O)NCc3ccc(F)cc3)ncn2)C(F)(F)F)cc1. The Hall–Kier alpha value is -4.33. The lowest BCUT2D eigenvalue weighted by atomic mass is 10.0. The second-order valence-electron chi connectivity index (χ2n) is 6.78. The maximum atomic E-state index is 13.6.